The summed E-state index contributed by atoms with van der Waals surface area (Å²) in [6.45, 7) is 5.80. The molecule has 0 radical (unpaired) electrons. The Morgan fingerprint density at radius 2 is 1.95 bits per heavy atom. The minimum Gasteiger partial charge on any atom is -0.393 e. The first-order valence-corrected chi connectivity index (χ1v) is 7.75. The third kappa shape index (κ3) is 2.73. The molecular formula is C14H25N5O. The molecule has 6 heteroatoms. The lowest BCUT2D eigenvalue weighted by atomic mass is 9.80. The van der Waals surface area contributed by atoms with E-state index in [1.165, 1.54) is 0 Å². The Morgan fingerprint density at radius 3 is 2.55 bits per heavy atom. The van der Waals surface area contributed by atoms with Crippen LogP contribution in [0.4, 0.5) is 0 Å². The Kier molecular flexibility index (Phi) is 4.05. The number of nitrogens with two attached hydrogens (primary N) is 1. The minimum absolute atomic E-state index is 0.123. The van der Waals surface area contributed by atoms with Gasteiger partial charge in [0.05, 0.1) is 12.6 Å². The molecule has 20 heavy (non-hydrogen) atoms. The number of likely N-dealkylation sites (tertiary alicyclic amines) is 1. The second-order valence-electron chi connectivity index (χ2n) is 6.15. The van der Waals surface area contributed by atoms with Crippen molar-refractivity contribution in [1.29, 1.82) is 0 Å². The van der Waals surface area contributed by atoms with Crippen LogP contribution in [0.1, 0.15) is 50.2 Å². The molecule has 1 aromatic rings. The fourth-order valence-electron chi connectivity index (χ4n) is 3.26. The summed E-state index contributed by atoms with van der Waals surface area (Å²) in [6, 6.07) is 0.342. The molecule has 0 amide bonds. The van der Waals surface area contributed by atoms with Gasteiger partial charge < -0.3 is 15.4 Å². The van der Waals surface area contributed by atoms with Gasteiger partial charge in [-0.2, -0.15) is 0 Å². The van der Waals surface area contributed by atoms with E-state index in [-0.39, 0.29) is 6.10 Å². The van der Waals surface area contributed by atoms with Gasteiger partial charge in [0, 0.05) is 31.6 Å². The number of aliphatic hydroxyl groups excluding tert-OH is 1. The quantitative estimate of drug-likeness (QED) is 0.837. The van der Waals surface area contributed by atoms with E-state index in [0.29, 0.717) is 12.0 Å². The van der Waals surface area contributed by atoms with E-state index >= 15 is 0 Å². The molecule has 3 N–H and O–H groups in total. The summed E-state index contributed by atoms with van der Waals surface area (Å²) >= 11 is 0. The van der Waals surface area contributed by atoms with Crippen molar-refractivity contribution in [1.82, 2.24) is 19.7 Å². The third-order valence-corrected chi connectivity index (χ3v) is 4.63. The van der Waals surface area contributed by atoms with Crippen molar-refractivity contribution in [3.63, 3.8) is 0 Å². The fourth-order valence-corrected chi connectivity index (χ4v) is 3.26. The maximum absolute atomic E-state index is 9.56. The predicted molar refractivity (Wildman–Crippen MR) is 76.2 cm³/mol. The van der Waals surface area contributed by atoms with Crippen molar-refractivity contribution < 1.29 is 5.11 Å². The first-order chi connectivity index (χ1) is 9.67. The highest BCUT2D eigenvalue weighted by molar-refractivity contribution is 5.08. The third-order valence-electron chi connectivity index (χ3n) is 4.63. The zero-order valence-electron chi connectivity index (χ0n) is 12.2. The molecule has 1 aliphatic heterocycles. The number of hydrogen-bond acceptors (Lipinski definition) is 5. The highest BCUT2D eigenvalue weighted by atomic mass is 16.3. The van der Waals surface area contributed by atoms with E-state index in [1.54, 1.807) is 0 Å². The van der Waals surface area contributed by atoms with E-state index in [4.69, 9.17) is 5.73 Å². The molecule has 0 atom stereocenters. The summed E-state index contributed by atoms with van der Waals surface area (Å²) in [5.74, 6) is 2.66. The first-order valence-electron chi connectivity index (χ1n) is 7.75. The van der Waals surface area contributed by atoms with Crippen LogP contribution in [0.5, 0.6) is 0 Å². The minimum atomic E-state index is -0.123. The second-order valence-corrected chi connectivity index (χ2v) is 6.15. The summed E-state index contributed by atoms with van der Waals surface area (Å²) in [7, 11) is 0. The monoisotopic (exact) mass is 279 g/mol. The Hall–Kier alpha value is -0.980. The Bertz CT molecular complexity index is 446. The standard InChI is InChI=1S/C14H25N5O/c1-2-19-13(9-18-5-3-12(20)4-6-18)16-17-14(19)10-7-11(15)8-10/h10-12,20H,2-9,15H2,1H3. The van der Waals surface area contributed by atoms with Crippen LogP contribution in [0, 0.1) is 0 Å². The SMILES string of the molecule is CCn1c(CN2CCC(O)CC2)nnc1C1CC(N)C1. The molecule has 2 aliphatic rings. The summed E-state index contributed by atoms with van der Waals surface area (Å²) in [5, 5.41) is 18.4. The van der Waals surface area contributed by atoms with E-state index in [0.717, 1.165) is 63.5 Å². The van der Waals surface area contributed by atoms with Crippen LogP contribution in [0.25, 0.3) is 0 Å². The molecule has 3 rings (SSSR count). The van der Waals surface area contributed by atoms with E-state index in [2.05, 4.69) is 26.6 Å². The molecule has 1 aromatic heterocycles. The second kappa shape index (κ2) is 5.79. The van der Waals surface area contributed by atoms with Crippen molar-refractivity contribution in [3.05, 3.63) is 11.6 Å². The Balaban J connectivity index is 1.67. The van der Waals surface area contributed by atoms with Crippen LogP contribution in [-0.4, -0.2) is 50.0 Å². The lowest BCUT2D eigenvalue weighted by Crippen LogP contribution is -2.37. The largest absolute Gasteiger partial charge is 0.393 e. The van der Waals surface area contributed by atoms with Crippen LogP contribution in [0.3, 0.4) is 0 Å². The van der Waals surface area contributed by atoms with Gasteiger partial charge in [-0.25, -0.2) is 0 Å². The van der Waals surface area contributed by atoms with Gasteiger partial charge >= 0.3 is 0 Å². The molecule has 1 saturated heterocycles. The number of piperidine rings is 1. The number of aromatic nitrogens is 3. The summed E-state index contributed by atoms with van der Waals surface area (Å²) in [6.07, 6.45) is 3.68. The Labute approximate surface area is 120 Å². The summed E-state index contributed by atoms with van der Waals surface area (Å²) in [4.78, 5) is 2.36. The molecule has 0 bridgehead atoms. The van der Waals surface area contributed by atoms with Crippen LogP contribution in [0.15, 0.2) is 0 Å². The predicted octanol–water partition coefficient (Wildman–Crippen LogP) is 0.459. The van der Waals surface area contributed by atoms with E-state index in [1.807, 2.05) is 0 Å². The first kappa shape index (κ1) is 14.0. The smallest absolute Gasteiger partial charge is 0.147 e. The lowest BCUT2D eigenvalue weighted by molar-refractivity contribution is 0.0774. The lowest BCUT2D eigenvalue weighted by Gasteiger charge is -2.32. The number of hydrogen-bond donors (Lipinski definition) is 2. The molecule has 2 heterocycles. The van der Waals surface area contributed by atoms with Crippen molar-refractivity contribution in [2.75, 3.05) is 13.1 Å². The summed E-state index contributed by atoms with van der Waals surface area (Å²) < 4.78 is 2.25. The number of aliphatic hydroxyl groups is 1. The molecule has 1 aliphatic carbocycles. The maximum atomic E-state index is 9.56. The topological polar surface area (TPSA) is 80.2 Å². The zero-order chi connectivity index (χ0) is 14.1. The molecule has 0 aromatic carbocycles. The van der Waals surface area contributed by atoms with Gasteiger partial charge in [-0.3, -0.25) is 4.90 Å². The summed E-state index contributed by atoms with van der Waals surface area (Å²) in [5.41, 5.74) is 5.88. The molecule has 0 unspecified atom stereocenters. The van der Waals surface area contributed by atoms with Crippen molar-refractivity contribution >= 4 is 0 Å². The van der Waals surface area contributed by atoms with Gasteiger partial charge in [-0.1, -0.05) is 0 Å². The van der Waals surface area contributed by atoms with Crippen LogP contribution in [0.2, 0.25) is 0 Å². The van der Waals surface area contributed by atoms with Crippen molar-refractivity contribution in [3.8, 4) is 0 Å². The molecule has 112 valence electrons. The Morgan fingerprint density at radius 1 is 1.25 bits per heavy atom. The average molecular weight is 279 g/mol. The zero-order valence-corrected chi connectivity index (χ0v) is 12.2. The van der Waals surface area contributed by atoms with Gasteiger partial charge in [0.15, 0.2) is 0 Å². The van der Waals surface area contributed by atoms with Crippen LogP contribution >= 0.6 is 0 Å². The van der Waals surface area contributed by atoms with Crippen LogP contribution < -0.4 is 5.73 Å². The highest BCUT2D eigenvalue weighted by Crippen LogP contribution is 2.34. The molecule has 1 saturated carbocycles. The fraction of sp³-hybridized carbons (Fsp3) is 0.857. The number of rotatable bonds is 4. The molecule has 0 spiro atoms. The molecule has 6 nitrogen and oxygen atoms in total. The molecular weight excluding hydrogens is 254 g/mol. The highest BCUT2D eigenvalue weighted by Gasteiger charge is 2.32. The van der Waals surface area contributed by atoms with Gasteiger partial charge in [-0.05, 0) is 32.6 Å². The van der Waals surface area contributed by atoms with E-state index in [9.17, 15) is 5.11 Å². The normalized spacial score (nSPS) is 28.6. The van der Waals surface area contributed by atoms with Gasteiger partial charge in [-0.15, -0.1) is 10.2 Å². The van der Waals surface area contributed by atoms with Crippen molar-refractivity contribution in [2.24, 2.45) is 5.73 Å². The van der Waals surface area contributed by atoms with Gasteiger partial charge in [0.1, 0.15) is 11.6 Å². The van der Waals surface area contributed by atoms with E-state index < -0.39 is 0 Å². The maximum Gasteiger partial charge on any atom is 0.147 e. The van der Waals surface area contributed by atoms with Gasteiger partial charge in [0.2, 0.25) is 0 Å². The number of nitrogens with zero attached hydrogens (tertiary/aromatic N) is 4. The van der Waals surface area contributed by atoms with Gasteiger partial charge in [0.25, 0.3) is 0 Å². The average Bonchev–Trinajstić information content (AvgIpc) is 2.80. The van der Waals surface area contributed by atoms with Crippen LogP contribution in [-0.2, 0) is 13.1 Å². The molecule has 2 fully saturated rings. The van der Waals surface area contributed by atoms with Crippen molar-refractivity contribution in [2.45, 2.75) is 63.8 Å².